The molecule has 2 aromatic heterocycles. The van der Waals surface area contributed by atoms with Crippen LogP contribution in [0, 0.1) is 11.6 Å². The summed E-state index contributed by atoms with van der Waals surface area (Å²) in [5.41, 5.74) is 2.90. The smallest absolute Gasteiger partial charge is 0.256 e. The van der Waals surface area contributed by atoms with Crippen molar-refractivity contribution in [3.8, 4) is 0 Å². The molecule has 0 aliphatic carbocycles. The van der Waals surface area contributed by atoms with Crippen molar-refractivity contribution in [1.29, 1.82) is 0 Å². The number of hydrogen-bond donors (Lipinski definition) is 4. The van der Waals surface area contributed by atoms with E-state index in [1.807, 2.05) is 34.1 Å². The lowest BCUT2D eigenvalue weighted by molar-refractivity contribution is -0.134. The van der Waals surface area contributed by atoms with E-state index in [1.165, 1.54) is 36.0 Å². The zero-order chi connectivity index (χ0) is 46.3. The summed E-state index contributed by atoms with van der Waals surface area (Å²) >= 11 is 0. The summed E-state index contributed by atoms with van der Waals surface area (Å²) in [6.07, 6.45) is 17.9. The highest BCUT2D eigenvalue weighted by Crippen LogP contribution is 2.37. The first-order chi connectivity index (χ1) is 32.1. The maximum atomic E-state index is 14.6. The second-order valence-electron chi connectivity index (χ2n) is 17.7. The molecule has 5 amide bonds. The van der Waals surface area contributed by atoms with Crippen molar-refractivity contribution in [3.05, 3.63) is 83.7 Å². The summed E-state index contributed by atoms with van der Waals surface area (Å²) in [5, 5.41) is 15.7. The molecule has 3 saturated heterocycles. The molecule has 2 atom stereocenters. The van der Waals surface area contributed by atoms with E-state index in [2.05, 4.69) is 31.3 Å². The number of hydrogen-bond acceptors (Lipinski definition) is 10. The van der Waals surface area contributed by atoms with Crippen LogP contribution in [0.25, 0.3) is 5.65 Å². The minimum Gasteiger partial charge on any atom is -0.374 e. The molecule has 1 unspecified atom stereocenters. The summed E-state index contributed by atoms with van der Waals surface area (Å²) in [6, 6.07) is 12.5. The van der Waals surface area contributed by atoms with E-state index in [9.17, 15) is 32.8 Å². The van der Waals surface area contributed by atoms with Gasteiger partial charge in [0.1, 0.15) is 29.1 Å². The molecule has 15 nitrogen and oxygen atoms in total. The monoisotopic (exact) mass is 911 g/mol. The Labute approximate surface area is 385 Å². The van der Waals surface area contributed by atoms with Gasteiger partial charge in [-0.25, -0.2) is 18.3 Å². The first-order valence-corrected chi connectivity index (χ1v) is 24.0. The summed E-state index contributed by atoms with van der Waals surface area (Å²) in [4.78, 5) is 72.7. The van der Waals surface area contributed by atoms with Gasteiger partial charge >= 0.3 is 0 Å². The van der Waals surface area contributed by atoms with Gasteiger partial charge < -0.3 is 30.7 Å². The first kappa shape index (κ1) is 47.8. The fraction of sp³-hybridized carbons (Fsp3) is 0.531. The Hall–Kier alpha value is -6.13. The predicted octanol–water partition coefficient (Wildman–Crippen LogP) is 6.83. The van der Waals surface area contributed by atoms with Gasteiger partial charge in [0.25, 0.3) is 5.91 Å². The number of benzene rings is 2. The minimum absolute atomic E-state index is 0.0185. The highest BCUT2D eigenvalue weighted by molar-refractivity contribution is 6.01. The van der Waals surface area contributed by atoms with Crippen LogP contribution in [0.3, 0.4) is 0 Å². The maximum absolute atomic E-state index is 14.6. The number of piperazine rings is 1. The van der Waals surface area contributed by atoms with Gasteiger partial charge in [-0.15, -0.1) is 0 Å². The number of rotatable bonds is 23. The van der Waals surface area contributed by atoms with Crippen LogP contribution in [-0.2, 0) is 19.2 Å². The number of halogens is 2. The van der Waals surface area contributed by atoms with E-state index in [1.54, 1.807) is 12.3 Å². The van der Waals surface area contributed by atoms with Crippen molar-refractivity contribution < 1.29 is 32.8 Å². The highest BCUT2D eigenvalue weighted by atomic mass is 19.1. The van der Waals surface area contributed by atoms with Crippen molar-refractivity contribution in [2.75, 3.05) is 60.9 Å². The van der Waals surface area contributed by atoms with E-state index in [0.717, 1.165) is 88.0 Å². The average molecular weight is 911 g/mol. The third-order valence-electron chi connectivity index (χ3n) is 12.9. The molecule has 0 radical (unpaired) electrons. The molecule has 2 aromatic carbocycles. The number of nitrogens with zero attached hydrogens (tertiary/aromatic N) is 6. The molecule has 5 heterocycles. The summed E-state index contributed by atoms with van der Waals surface area (Å²) in [5.74, 6) is -0.963. The molecule has 0 bridgehead atoms. The van der Waals surface area contributed by atoms with Gasteiger partial charge in [0.15, 0.2) is 5.65 Å². The largest absolute Gasteiger partial charge is 0.374 e. The molecule has 66 heavy (non-hydrogen) atoms. The number of unbranched alkanes of at least 4 members (excludes halogenated alkanes) is 9. The van der Waals surface area contributed by atoms with Crippen LogP contribution in [0.4, 0.5) is 26.0 Å². The summed E-state index contributed by atoms with van der Waals surface area (Å²) < 4.78 is 30.1. The van der Waals surface area contributed by atoms with Gasteiger partial charge in [-0.3, -0.25) is 29.3 Å². The summed E-state index contributed by atoms with van der Waals surface area (Å²) in [7, 11) is 0. The lowest BCUT2D eigenvalue weighted by Gasteiger charge is -2.36. The van der Waals surface area contributed by atoms with Gasteiger partial charge in [-0.05, 0) is 87.1 Å². The van der Waals surface area contributed by atoms with Crippen LogP contribution in [0.5, 0.6) is 0 Å². The van der Waals surface area contributed by atoms with Crippen LogP contribution in [0.15, 0.2) is 60.9 Å². The molecule has 3 aliphatic rings. The number of piperidine rings is 1. The molecule has 0 saturated carbocycles. The zero-order valence-electron chi connectivity index (χ0n) is 37.9. The zero-order valence-corrected chi connectivity index (χ0v) is 37.9. The van der Waals surface area contributed by atoms with E-state index >= 15 is 0 Å². The average Bonchev–Trinajstić information content (AvgIpc) is 3.99. The molecular weight excluding hydrogens is 847 g/mol. The topological polar surface area (TPSA) is 173 Å². The quantitative estimate of drug-likeness (QED) is 0.0457. The van der Waals surface area contributed by atoms with Crippen LogP contribution in [0.2, 0.25) is 0 Å². The van der Waals surface area contributed by atoms with Gasteiger partial charge in [-0.2, -0.15) is 5.10 Å². The Kier molecular flexibility index (Phi) is 17.3. The van der Waals surface area contributed by atoms with Crippen LogP contribution < -0.4 is 31.1 Å². The number of amides is 5. The third-order valence-corrected chi connectivity index (χ3v) is 12.9. The maximum Gasteiger partial charge on any atom is 0.256 e. The van der Waals surface area contributed by atoms with Crippen molar-refractivity contribution in [2.24, 2.45) is 0 Å². The first-order valence-electron chi connectivity index (χ1n) is 24.0. The number of carbonyl (C=O) groups excluding carboxylic acids is 5. The van der Waals surface area contributed by atoms with Gasteiger partial charge in [0.2, 0.25) is 23.6 Å². The van der Waals surface area contributed by atoms with Crippen molar-refractivity contribution in [1.82, 2.24) is 35.4 Å². The van der Waals surface area contributed by atoms with Crippen molar-refractivity contribution in [3.63, 3.8) is 0 Å². The molecule has 0 spiro atoms. The molecule has 3 aliphatic heterocycles. The lowest BCUT2D eigenvalue weighted by Crippen LogP contribution is -2.48. The number of anilines is 3. The van der Waals surface area contributed by atoms with Gasteiger partial charge in [0, 0.05) is 88.2 Å². The van der Waals surface area contributed by atoms with Crippen molar-refractivity contribution in [2.45, 2.75) is 121 Å². The number of fused-ring (bicyclic) bond motifs is 1. The van der Waals surface area contributed by atoms with E-state index < -0.39 is 17.7 Å². The lowest BCUT2D eigenvalue weighted by atomic mass is 10.0. The molecule has 7 rings (SSSR count). The fourth-order valence-electron chi connectivity index (χ4n) is 9.16. The second kappa shape index (κ2) is 23.9. The number of imide groups is 1. The third kappa shape index (κ3) is 13.2. The van der Waals surface area contributed by atoms with E-state index in [4.69, 9.17) is 4.98 Å². The van der Waals surface area contributed by atoms with Crippen molar-refractivity contribution >= 4 is 52.4 Å². The number of nitrogens with one attached hydrogen (secondary N) is 4. The van der Waals surface area contributed by atoms with Gasteiger partial charge in [0.05, 0.1) is 12.2 Å². The molecule has 4 N–H and O–H groups in total. The Balaban J connectivity index is 0.666. The molecular formula is C49H64F2N10O5. The summed E-state index contributed by atoms with van der Waals surface area (Å²) in [6.45, 7) is 4.45. The molecule has 17 heteroatoms. The molecule has 354 valence electrons. The SMILES string of the molecule is O=C(CCCCCCCCCCCCC(=O)N1CCN(c2ccc(NC3CCC(=O)NC3=O)cc2)CC1)NCCCNC(=O)c1cnn2ccc(N3CCC[C@@H]3c3cc(F)ccc3F)nc12. The Morgan fingerprint density at radius 1 is 0.758 bits per heavy atom. The standard InChI is InChI=1S/C49H64F2N10O5/c50-35-16-21-40(51)38(33-35)42-13-11-27-60(42)43-24-28-61-47(56-43)39(34-54-61)48(65)53-26-12-25-52-44(62)14-9-7-5-3-1-2-4-6-8-10-15-46(64)59-31-29-58(30-32-59)37-19-17-36(18-20-37)55-41-22-23-45(63)57-49(41)66/h16-21,24,28,33-34,41-42,55H,1-15,22-23,25-27,29-32H2,(H,52,62)(H,53,65)(H,57,63,66)/t41?,42-/m1/s1. The van der Waals surface area contributed by atoms with Crippen LogP contribution >= 0.6 is 0 Å². The van der Waals surface area contributed by atoms with E-state index in [-0.39, 0.29) is 35.6 Å². The number of aromatic nitrogens is 3. The number of carbonyl (C=O) groups is 5. The Morgan fingerprint density at radius 3 is 2.18 bits per heavy atom. The Morgan fingerprint density at radius 2 is 1.45 bits per heavy atom. The van der Waals surface area contributed by atoms with Gasteiger partial charge in [-0.1, -0.05) is 51.4 Å². The second-order valence-corrected chi connectivity index (χ2v) is 17.7. The minimum atomic E-state index is -0.490. The predicted molar refractivity (Wildman–Crippen MR) is 249 cm³/mol. The normalized spacial score (nSPS) is 17.6. The molecule has 4 aromatic rings. The van der Waals surface area contributed by atoms with Crippen LogP contribution in [0.1, 0.15) is 131 Å². The highest BCUT2D eigenvalue weighted by Gasteiger charge is 2.31. The fourth-order valence-corrected chi connectivity index (χ4v) is 9.16. The van der Waals surface area contributed by atoms with E-state index in [0.29, 0.717) is 93.8 Å². The molecule has 3 fully saturated rings. The van der Waals surface area contributed by atoms with Crippen LogP contribution in [-0.4, -0.2) is 101 Å². The Bertz CT molecular complexity index is 2280.